The molecule has 3 atom stereocenters. The summed E-state index contributed by atoms with van der Waals surface area (Å²) in [5.41, 5.74) is 5.73. The summed E-state index contributed by atoms with van der Waals surface area (Å²) >= 11 is 0. The van der Waals surface area contributed by atoms with Crippen molar-refractivity contribution in [1.29, 1.82) is 0 Å². The minimum atomic E-state index is -1.51. The van der Waals surface area contributed by atoms with E-state index in [4.69, 9.17) is 15.2 Å². The van der Waals surface area contributed by atoms with Crippen LogP contribution in [0.3, 0.4) is 0 Å². The molecule has 240 valence electrons. The quantitative estimate of drug-likeness (QED) is 0.138. The molecule has 13 nitrogen and oxygen atoms in total. The summed E-state index contributed by atoms with van der Waals surface area (Å²) in [6.45, 7) is 8.72. The van der Waals surface area contributed by atoms with Crippen LogP contribution >= 0.6 is 0 Å². The molecule has 5 amide bonds. The van der Waals surface area contributed by atoms with E-state index in [1.54, 1.807) is 46.8 Å². The molecule has 2 rings (SSSR count). The van der Waals surface area contributed by atoms with E-state index in [-0.39, 0.29) is 31.1 Å². The number of nitrogens with two attached hydrogens (primary N) is 1. The summed E-state index contributed by atoms with van der Waals surface area (Å²) < 4.78 is 10.5. The molecule has 2 aromatic rings. The van der Waals surface area contributed by atoms with Crippen molar-refractivity contribution < 1.29 is 38.6 Å². The maximum atomic E-state index is 13.3. The first-order valence-corrected chi connectivity index (χ1v) is 14.3. The molecule has 0 aromatic heterocycles. The molecule has 0 fully saturated rings. The number of anilines is 1. The number of ether oxygens (including phenoxy) is 2. The lowest BCUT2D eigenvalue weighted by molar-refractivity contribution is -0.165. The molecule has 0 aliphatic heterocycles. The third-order valence-electron chi connectivity index (χ3n) is 6.16. The smallest absolute Gasteiger partial charge is 0.408 e. The molecule has 0 aliphatic rings. The lowest BCUT2D eigenvalue weighted by atomic mass is 10.0. The number of nitrogens with one attached hydrogen (secondary N) is 4. The monoisotopic (exact) mass is 613 g/mol. The van der Waals surface area contributed by atoms with Crippen LogP contribution in [0.2, 0.25) is 0 Å². The number of rotatable bonds is 14. The zero-order valence-corrected chi connectivity index (χ0v) is 25.7. The Morgan fingerprint density at radius 2 is 1.55 bits per heavy atom. The van der Waals surface area contributed by atoms with Gasteiger partial charge in [0.1, 0.15) is 24.3 Å². The second-order valence-electron chi connectivity index (χ2n) is 11.5. The number of benzene rings is 2. The average Bonchev–Trinajstić information content (AvgIpc) is 2.95. The molecule has 7 N–H and O–H groups in total. The lowest BCUT2D eigenvalue weighted by Gasteiger charge is -2.25. The zero-order chi connectivity index (χ0) is 32.9. The number of hydrogen-bond donors (Lipinski definition) is 6. The summed E-state index contributed by atoms with van der Waals surface area (Å²) in [5.74, 6) is -2.31. The van der Waals surface area contributed by atoms with E-state index in [2.05, 4.69) is 21.3 Å². The first-order chi connectivity index (χ1) is 20.7. The second kappa shape index (κ2) is 16.8. The molecule has 0 saturated heterocycles. The van der Waals surface area contributed by atoms with Crippen molar-refractivity contribution in [2.24, 2.45) is 11.7 Å². The molecule has 0 saturated carbocycles. The van der Waals surface area contributed by atoms with E-state index >= 15 is 0 Å². The predicted octanol–water partition coefficient (Wildman–Crippen LogP) is 2.88. The van der Waals surface area contributed by atoms with Crippen LogP contribution in [0, 0.1) is 5.92 Å². The van der Waals surface area contributed by atoms with Gasteiger partial charge in [0.05, 0.1) is 0 Å². The van der Waals surface area contributed by atoms with Gasteiger partial charge < -0.3 is 41.6 Å². The number of aliphatic hydroxyl groups excluding tert-OH is 1. The highest BCUT2D eigenvalue weighted by molar-refractivity contribution is 5.98. The van der Waals surface area contributed by atoms with E-state index in [1.807, 2.05) is 18.2 Å². The Hall–Kier alpha value is -4.65. The number of aliphatic hydroxyl groups is 1. The minimum absolute atomic E-state index is 0.0184. The van der Waals surface area contributed by atoms with Crippen molar-refractivity contribution in [2.45, 2.75) is 77.9 Å². The Balaban J connectivity index is 2.09. The average molecular weight is 614 g/mol. The van der Waals surface area contributed by atoms with Crippen LogP contribution in [0.15, 0.2) is 54.6 Å². The van der Waals surface area contributed by atoms with Gasteiger partial charge in [-0.05, 0) is 62.8 Å². The second-order valence-corrected chi connectivity index (χ2v) is 11.5. The molecule has 1 unspecified atom stereocenters. The van der Waals surface area contributed by atoms with Gasteiger partial charge in [0, 0.05) is 12.2 Å². The Bertz CT molecular complexity index is 1260. The van der Waals surface area contributed by atoms with Crippen LogP contribution in [0.25, 0.3) is 0 Å². The maximum Gasteiger partial charge on any atom is 0.408 e. The number of amides is 5. The van der Waals surface area contributed by atoms with Crippen molar-refractivity contribution >= 4 is 35.6 Å². The summed E-state index contributed by atoms with van der Waals surface area (Å²) in [5, 5.41) is 20.7. The summed E-state index contributed by atoms with van der Waals surface area (Å²) in [4.78, 5) is 62.2. The molecule has 0 heterocycles. The fraction of sp³-hybridized carbons (Fsp3) is 0.452. The Kier molecular flexibility index (Phi) is 13.6. The van der Waals surface area contributed by atoms with Crippen LogP contribution < -0.4 is 27.0 Å². The van der Waals surface area contributed by atoms with Gasteiger partial charge in [-0.25, -0.2) is 14.4 Å². The number of urea groups is 1. The largest absolute Gasteiger partial charge is 0.458 e. The normalized spacial score (nSPS) is 13.2. The summed E-state index contributed by atoms with van der Waals surface area (Å²) in [7, 11) is 0. The Labute approximate surface area is 257 Å². The number of alkyl carbamates (subject to hydrolysis) is 1. The Morgan fingerprint density at radius 1 is 0.909 bits per heavy atom. The first kappa shape index (κ1) is 35.5. The van der Waals surface area contributed by atoms with Crippen LogP contribution in [-0.2, 0) is 30.5 Å². The van der Waals surface area contributed by atoms with Crippen molar-refractivity contribution in [2.75, 3.05) is 11.9 Å². The number of carbonyl (C=O) groups is 5. The van der Waals surface area contributed by atoms with Crippen LogP contribution in [-0.4, -0.2) is 59.2 Å². The number of primary amides is 1. The van der Waals surface area contributed by atoms with Crippen molar-refractivity contribution in [3.05, 3.63) is 65.7 Å². The number of esters is 1. The van der Waals surface area contributed by atoms with Gasteiger partial charge in [-0.2, -0.15) is 0 Å². The number of hydrogen-bond acceptors (Lipinski definition) is 8. The van der Waals surface area contributed by atoms with Gasteiger partial charge in [0.25, 0.3) is 0 Å². The summed E-state index contributed by atoms with van der Waals surface area (Å²) in [6, 6.07) is 12.2. The third-order valence-corrected chi connectivity index (χ3v) is 6.16. The standard InChI is InChI=1S/C31H43N5O8/c1-19(2)24(36-30(42)43-18-20-10-7-6-8-11-20)27(39)35-23(12-9-17-33-29(32)41)26(38)34-22-15-13-21(14-16-22)25(37)28(40)44-31(3,4)5/h6-8,10-11,13-16,19,23-25,37H,9,12,17-18H2,1-5H3,(H,34,38)(H,35,39)(H,36,42)(H3,32,33,41)/t23-,24-,25?/m0/s1. The fourth-order valence-electron chi connectivity index (χ4n) is 3.95. The fourth-order valence-corrected chi connectivity index (χ4v) is 3.95. The van der Waals surface area contributed by atoms with Crippen molar-refractivity contribution in [3.63, 3.8) is 0 Å². The van der Waals surface area contributed by atoms with Crippen LogP contribution in [0.5, 0.6) is 0 Å². The highest BCUT2D eigenvalue weighted by atomic mass is 16.6. The van der Waals surface area contributed by atoms with Gasteiger partial charge in [-0.15, -0.1) is 0 Å². The van der Waals surface area contributed by atoms with E-state index in [1.165, 1.54) is 24.3 Å². The predicted molar refractivity (Wildman–Crippen MR) is 163 cm³/mol. The SMILES string of the molecule is CC(C)[C@H](NC(=O)OCc1ccccc1)C(=O)N[C@@H](CCCNC(N)=O)C(=O)Nc1ccc(C(O)C(=O)OC(C)(C)C)cc1. The molecule has 0 radical (unpaired) electrons. The van der Waals surface area contributed by atoms with Crippen molar-refractivity contribution in [1.82, 2.24) is 16.0 Å². The third kappa shape index (κ3) is 12.7. The topological polar surface area (TPSA) is 198 Å². The molecule has 2 aromatic carbocycles. The van der Waals surface area contributed by atoms with Crippen LogP contribution in [0.4, 0.5) is 15.3 Å². The Morgan fingerprint density at radius 3 is 2.11 bits per heavy atom. The molecule has 13 heteroatoms. The van der Waals surface area contributed by atoms with Crippen molar-refractivity contribution in [3.8, 4) is 0 Å². The highest BCUT2D eigenvalue weighted by Crippen LogP contribution is 2.21. The minimum Gasteiger partial charge on any atom is -0.458 e. The molecule has 0 spiro atoms. The van der Waals surface area contributed by atoms with Gasteiger partial charge in [0.2, 0.25) is 11.8 Å². The molecular weight excluding hydrogens is 570 g/mol. The van der Waals surface area contributed by atoms with Gasteiger partial charge in [-0.1, -0.05) is 56.3 Å². The highest BCUT2D eigenvalue weighted by Gasteiger charge is 2.30. The molecule has 0 bridgehead atoms. The zero-order valence-electron chi connectivity index (χ0n) is 25.7. The summed E-state index contributed by atoms with van der Waals surface area (Å²) in [6.07, 6.45) is -1.86. The van der Waals surface area contributed by atoms with E-state index < -0.39 is 53.7 Å². The maximum absolute atomic E-state index is 13.3. The molecular formula is C31H43N5O8. The lowest BCUT2D eigenvalue weighted by Crippen LogP contribution is -2.54. The van der Waals surface area contributed by atoms with Gasteiger partial charge >= 0.3 is 18.1 Å². The molecule has 44 heavy (non-hydrogen) atoms. The van der Waals surface area contributed by atoms with E-state index in [0.717, 1.165) is 5.56 Å². The first-order valence-electron chi connectivity index (χ1n) is 14.3. The van der Waals surface area contributed by atoms with Crippen LogP contribution in [0.1, 0.15) is 64.7 Å². The van der Waals surface area contributed by atoms with E-state index in [0.29, 0.717) is 12.1 Å². The molecule has 0 aliphatic carbocycles. The van der Waals surface area contributed by atoms with E-state index in [9.17, 15) is 29.1 Å². The number of carbonyl (C=O) groups excluding carboxylic acids is 5. The van der Waals surface area contributed by atoms with Gasteiger partial charge in [-0.3, -0.25) is 9.59 Å². The van der Waals surface area contributed by atoms with Gasteiger partial charge in [0.15, 0.2) is 6.10 Å².